The molecule has 12 heavy (non-hydrogen) atoms. The van der Waals surface area contributed by atoms with Gasteiger partial charge in [0.15, 0.2) is 5.82 Å². The van der Waals surface area contributed by atoms with Gasteiger partial charge in [0.05, 0.1) is 11.8 Å². The Balaban J connectivity index is 3.23. The van der Waals surface area contributed by atoms with Crippen LogP contribution in [-0.2, 0) is 6.18 Å². The second-order valence-electron chi connectivity index (χ2n) is 2.09. The summed E-state index contributed by atoms with van der Waals surface area (Å²) in [6.45, 7) is 0. The molecule has 0 atom stereocenters. The van der Waals surface area contributed by atoms with E-state index in [0.717, 1.165) is 0 Å². The highest BCUT2D eigenvalue weighted by Crippen LogP contribution is 2.29. The minimum Gasteiger partial charge on any atom is -0.270 e. The number of alkyl halides is 3. The number of hydrogen-bond donors (Lipinski definition) is 0. The molecule has 1 rings (SSSR count). The summed E-state index contributed by atoms with van der Waals surface area (Å²) >= 11 is 0. The molecule has 62 valence electrons. The number of rotatable bonds is 0. The number of aromatic nitrogens is 1. The predicted octanol–water partition coefficient (Wildman–Crippen LogP) is 1.03. The van der Waals surface area contributed by atoms with E-state index in [1.807, 2.05) is 0 Å². The van der Waals surface area contributed by atoms with Crippen LogP contribution in [0.3, 0.4) is 0 Å². The lowest BCUT2D eigenvalue weighted by molar-refractivity contribution is -0.140. The van der Waals surface area contributed by atoms with Crippen molar-refractivity contribution in [2.24, 2.45) is 0 Å². The molecule has 1 aromatic rings. The molecule has 6 heteroatoms. The van der Waals surface area contributed by atoms with Gasteiger partial charge in [-0.3, -0.25) is 4.98 Å². The van der Waals surface area contributed by atoms with Gasteiger partial charge >= 0.3 is 6.18 Å². The van der Waals surface area contributed by atoms with Crippen molar-refractivity contribution >= 4 is 13.4 Å². The fourth-order valence-electron chi connectivity index (χ4n) is 0.672. The number of nitrogens with zero attached hydrogens (tertiary/aromatic N) is 1. The third kappa shape index (κ3) is 1.75. The standard InChI is InChI=1S/C6H2BF4N/c7-5-1-3(6(9,10)11)4(8)2-12-5/h1-2H. The molecule has 0 amide bonds. The summed E-state index contributed by atoms with van der Waals surface area (Å²) in [5.41, 5.74) is -1.75. The zero-order chi connectivity index (χ0) is 9.35. The summed E-state index contributed by atoms with van der Waals surface area (Å²) in [5, 5.41) is 0. The smallest absolute Gasteiger partial charge is 0.270 e. The van der Waals surface area contributed by atoms with Crippen molar-refractivity contribution in [2.45, 2.75) is 6.18 Å². The van der Waals surface area contributed by atoms with Gasteiger partial charge in [-0.15, -0.1) is 0 Å². The molecule has 0 aliphatic heterocycles. The second-order valence-corrected chi connectivity index (χ2v) is 2.09. The third-order valence-electron chi connectivity index (χ3n) is 1.18. The molecule has 2 radical (unpaired) electrons. The Morgan fingerprint density at radius 2 is 1.92 bits per heavy atom. The maximum Gasteiger partial charge on any atom is 0.419 e. The lowest BCUT2D eigenvalue weighted by Gasteiger charge is -2.07. The number of pyridine rings is 1. The largest absolute Gasteiger partial charge is 0.419 e. The van der Waals surface area contributed by atoms with Crippen molar-refractivity contribution in [1.29, 1.82) is 0 Å². The second kappa shape index (κ2) is 2.77. The molecule has 0 saturated heterocycles. The summed E-state index contributed by atoms with van der Waals surface area (Å²) < 4.78 is 48.1. The molecule has 1 heterocycles. The summed E-state index contributed by atoms with van der Waals surface area (Å²) in [6, 6.07) is 0.454. The monoisotopic (exact) mass is 175 g/mol. The van der Waals surface area contributed by atoms with E-state index in [1.54, 1.807) is 0 Å². The van der Waals surface area contributed by atoms with E-state index in [9.17, 15) is 17.6 Å². The Hall–Kier alpha value is -1.07. The average molecular weight is 175 g/mol. The SMILES string of the molecule is [B]c1cc(C(F)(F)F)c(F)cn1. The Labute approximate surface area is 66.8 Å². The van der Waals surface area contributed by atoms with Gasteiger partial charge in [0, 0.05) is 0 Å². The molecule has 0 unspecified atom stereocenters. The zero-order valence-electron chi connectivity index (χ0n) is 5.69. The molecule has 1 aromatic heterocycles. The maximum atomic E-state index is 12.4. The molecular weight excluding hydrogens is 173 g/mol. The molecule has 0 aliphatic carbocycles. The summed E-state index contributed by atoms with van der Waals surface area (Å²) in [4.78, 5) is 3.16. The third-order valence-corrected chi connectivity index (χ3v) is 1.18. The molecule has 0 saturated carbocycles. The van der Waals surface area contributed by atoms with Crippen LogP contribution in [-0.4, -0.2) is 12.8 Å². The van der Waals surface area contributed by atoms with Gasteiger partial charge < -0.3 is 0 Å². The molecule has 0 bridgehead atoms. The normalized spacial score (nSPS) is 11.7. The molecule has 0 spiro atoms. The fraction of sp³-hybridized carbons (Fsp3) is 0.167. The van der Waals surface area contributed by atoms with E-state index in [0.29, 0.717) is 12.3 Å². The number of halogens is 4. The Bertz CT molecular complexity index is 296. The highest BCUT2D eigenvalue weighted by Gasteiger charge is 2.34. The first-order valence-corrected chi connectivity index (χ1v) is 2.89. The lowest BCUT2D eigenvalue weighted by atomic mass is 10.0. The Kier molecular flexibility index (Phi) is 2.08. The first kappa shape index (κ1) is 9.03. The fourth-order valence-corrected chi connectivity index (χ4v) is 0.672. The van der Waals surface area contributed by atoms with E-state index in [2.05, 4.69) is 4.98 Å². The van der Waals surface area contributed by atoms with Gasteiger partial charge in [0.25, 0.3) is 0 Å². The summed E-state index contributed by atoms with van der Waals surface area (Å²) in [5.74, 6) is -1.42. The van der Waals surface area contributed by atoms with Crippen molar-refractivity contribution in [3.8, 4) is 0 Å². The zero-order valence-corrected chi connectivity index (χ0v) is 5.69. The van der Waals surface area contributed by atoms with E-state index < -0.39 is 17.6 Å². The van der Waals surface area contributed by atoms with E-state index >= 15 is 0 Å². The molecule has 0 aliphatic rings. The molecule has 0 N–H and O–H groups in total. The first-order chi connectivity index (χ1) is 5.41. The van der Waals surface area contributed by atoms with Gasteiger partial charge in [0.2, 0.25) is 0 Å². The maximum absolute atomic E-state index is 12.4. The van der Waals surface area contributed by atoms with Gasteiger partial charge in [0.1, 0.15) is 7.85 Å². The van der Waals surface area contributed by atoms with Crippen LogP contribution in [0.15, 0.2) is 12.3 Å². The highest BCUT2D eigenvalue weighted by molar-refractivity contribution is 6.30. The quantitative estimate of drug-likeness (QED) is 0.423. The molecule has 1 nitrogen and oxygen atoms in total. The van der Waals surface area contributed by atoms with Crippen LogP contribution in [0.1, 0.15) is 5.56 Å². The Morgan fingerprint density at radius 1 is 1.33 bits per heavy atom. The minimum absolute atomic E-state index is 0.358. The van der Waals surface area contributed by atoms with Crippen LogP contribution in [0.4, 0.5) is 17.6 Å². The van der Waals surface area contributed by atoms with Crippen molar-refractivity contribution in [1.82, 2.24) is 4.98 Å². The van der Waals surface area contributed by atoms with Gasteiger partial charge in [-0.25, -0.2) is 4.39 Å². The molecule has 0 aromatic carbocycles. The van der Waals surface area contributed by atoms with Crippen molar-refractivity contribution in [3.05, 3.63) is 23.6 Å². The van der Waals surface area contributed by atoms with Crippen LogP contribution >= 0.6 is 0 Å². The van der Waals surface area contributed by atoms with E-state index in [-0.39, 0.29) is 5.59 Å². The van der Waals surface area contributed by atoms with Crippen LogP contribution in [0, 0.1) is 5.82 Å². The van der Waals surface area contributed by atoms with Crippen LogP contribution in [0.2, 0.25) is 0 Å². The lowest BCUT2D eigenvalue weighted by Crippen LogP contribution is -2.16. The highest BCUT2D eigenvalue weighted by atomic mass is 19.4. The van der Waals surface area contributed by atoms with E-state index in [4.69, 9.17) is 7.85 Å². The summed E-state index contributed by atoms with van der Waals surface area (Å²) in [6.07, 6.45) is -4.28. The summed E-state index contributed by atoms with van der Waals surface area (Å²) in [7, 11) is 4.95. The van der Waals surface area contributed by atoms with Crippen molar-refractivity contribution in [3.63, 3.8) is 0 Å². The van der Waals surface area contributed by atoms with Gasteiger partial charge in [-0.1, -0.05) is 0 Å². The molecule has 0 fully saturated rings. The minimum atomic E-state index is -4.72. The average Bonchev–Trinajstić information content (AvgIpc) is 1.92. The van der Waals surface area contributed by atoms with Crippen LogP contribution in [0.25, 0.3) is 0 Å². The molecular formula is C6H2BF4N. The topological polar surface area (TPSA) is 12.9 Å². The van der Waals surface area contributed by atoms with Crippen molar-refractivity contribution < 1.29 is 17.6 Å². The number of hydrogen-bond acceptors (Lipinski definition) is 1. The Morgan fingerprint density at radius 3 is 2.33 bits per heavy atom. The van der Waals surface area contributed by atoms with Crippen molar-refractivity contribution in [2.75, 3.05) is 0 Å². The first-order valence-electron chi connectivity index (χ1n) is 2.89. The van der Waals surface area contributed by atoms with Gasteiger partial charge in [-0.2, -0.15) is 13.2 Å². The van der Waals surface area contributed by atoms with Crippen LogP contribution in [0.5, 0.6) is 0 Å². The van der Waals surface area contributed by atoms with E-state index in [1.165, 1.54) is 0 Å². The predicted molar refractivity (Wildman–Crippen MR) is 34.6 cm³/mol. The van der Waals surface area contributed by atoms with Gasteiger partial charge in [-0.05, 0) is 11.7 Å². The van der Waals surface area contributed by atoms with Crippen LogP contribution < -0.4 is 5.59 Å².